The number of rotatable bonds is 7. The molecule has 1 N–H and O–H groups in total. The Morgan fingerprint density at radius 2 is 1.93 bits per heavy atom. The summed E-state index contributed by atoms with van der Waals surface area (Å²) < 4.78 is 5.57. The zero-order valence-corrected chi connectivity index (χ0v) is 8.83. The lowest BCUT2D eigenvalue weighted by molar-refractivity contribution is 0.305. The van der Waals surface area contributed by atoms with Crippen molar-refractivity contribution in [3.05, 3.63) is 30.3 Å². The molecule has 0 aliphatic rings. The van der Waals surface area contributed by atoms with E-state index in [4.69, 9.17) is 4.74 Å². The standard InChI is InChI=1S/C12H19NO.H2/c1-13-10-6-3-7-11-14-12-8-4-2-5-9-12;/h2,4-5,8-9,13H,3,6-7,10-11H2,1H3;1H. The van der Waals surface area contributed by atoms with E-state index >= 15 is 0 Å². The lowest BCUT2D eigenvalue weighted by Crippen LogP contribution is -2.07. The third-order valence-electron chi connectivity index (χ3n) is 2.08. The van der Waals surface area contributed by atoms with E-state index in [1.54, 1.807) is 0 Å². The Kier molecular flexibility index (Phi) is 5.84. The summed E-state index contributed by atoms with van der Waals surface area (Å²) >= 11 is 0. The molecule has 0 fully saturated rings. The first-order valence-electron chi connectivity index (χ1n) is 5.26. The average molecular weight is 195 g/mol. The molecule has 0 radical (unpaired) electrons. The smallest absolute Gasteiger partial charge is 0.119 e. The van der Waals surface area contributed by atoms with Crippen LogP contribution in [0.1, 0.15) is 20.7 Å². The molecule has 0 unspecified atom stereocenters. The molecule has 0 aliphatic carbocycles. The molecule has 80 valence electrons. The largest absolute Gasteiger partial charge is 0.494 e. The van der Waals surface area contributed by atoms with Gasteiger partial charge in [-0.15, -0.1) is 0 Å². The minimum atomic E-state index is 0. The van der Waals surface area contributed by atoms with Crippen LogP contribution in [0, 0.1) is 0 Å². The van der Waals surface area contributed by atoms with Gasteiger partial charge in [-0.05, 0) is 45.0 Å². The maximum Gasteiger partial charge on any atom is 0.119 e. The molecular weight excluding hydrogens is 174 g/mol. The fraction of sp³-hybridized carbons (Fsp3) is 0.500. The van der Waals surface area contributed by atoms with Crippen LogP contribution >= 0.6 is 0 Å². The van der Waals surface area contributed by atoms with Gasteiger partial charge in [-0.2, -0.15) is 0 Å². The second kappa shape index (κ2) is 7.39. The Labute approximate surface area is 87.8 Å². The van der Waals surface area contributed by atoms with Crippen molar-refractivity contribution in [3.8, 4) is 5.75 Å². The normalized spacial score (nSPS) is 10.1. The minimum Gasteiger partial charge on any atom is -0.494 e. The Bertz CT molecular complexity index is 228. The summed E-state index contributed by atoms with van der Waals surface area (Å²) in [5.74, 6) is 0.973. The van der Waals surface area contributed by atoms with Gasteiger partial charge in [0.05, 0.1) is 6.61 Å². The molecule has 1 rings (SSSR count). The molecule has 0 amide bonds. The Hall–Kier alpha value is -1.02. The number of nitrogens with one attached hydrogen (secondary N) is 1. The van der Waals surface area contributed by atoms with E-state index in [1.807, 2.05) is 37.4 Å². The molecule has 2 heteroatoms. The number of unbranched alkanes of at least 4 members (excludes halogenated alkanes) is 2. The number of ether oxygens (including phenoxy) is 1. The van der Waals surface area contributed by atoms with Crippen LogP contribution in [0.4, 0.5) is 0 Å². The predicted octanol–water partition coefficient (Wildman–Crippen LogP) is 2.70. The molecule has 0 bridgehead atoms. The SMILES string of the molecule is CNCCCCCOc1ccccc1.[HH]. The van der Waals surface area contributed by atoms with Gasteiger partial charge in [0.15, 0.2) is 0 Å². The highest BCUT2D eigenvalue weighted by molar-refractivity contribution is 5.20. The second-order valence-corrected chi connectivity index (χ2v) is 3.33. The van der Waals surface area contributed by atoms with Crippen LogP contribution in [0.25, 0.3) is 0 Å². The zero-order valence-electron chi connectivity index (χ0n) is 8.83. The molecule has 1 aromatic carbocycles. The van der Waals surface area contributed by atoms with Crippen LogP contribution in [0.2, 0.25) is 0 Å². The maximum atomic E-state index is 5.57. The number of hydrogen-bond donors (Lipinski definition) is 1. The first kappa shape index (κ1) is 11.1. The molecule has 0 atom stereocenters. The van der Waals surface area contributed by atoms with Crippen molar-refractivity contribution in [3.63, 3.8) is 0 Å². The second-order valence-electron chi connectivity index (χ2n) is 3.33. The number of para-hydroxylation sites is 1. The molecule has 0 saturated carbocycles. The molecule has 0 aromatic heterocycles. The van der Waals surface area contributed by atoms with E-state index in [0.29, 0.717) is 0 Å². The van der Waals surface area contributed by atoms with Gasteiger partial charge in [0.25, 0.3) is 0 Å². The Morgan fingerprint density at radius 1 is 1.14 bits per heavy atom. The summed E-state index contributed by atoms with van der Waals surface area (Å²) in [6, 6.07) is 9.98. The molecule has 14 heavy (non-hydrogen) atoms. The molecule has 0 saturated heterocycles. The van der Waals surface area contributed by atoms with Gasteiger partial charge in [0.1, 0.15) is 5.75 Å². The third-order valence-corrected chi connectivity index (χ3v) is 2.08. The van der Waals surface area contributed by atoms with E-state index in [2.05, 4.69) is 5.32 Å². The van der Waals surface area contributed by atoms with E-state index in [9.17, 15) is 0 Å². The summed E-state index contributed by atoms with van der Waals surface area (Å²) in [6.07, 6.45) is 3.60. The highest BCUT2D eigenvalue weighted by atomic mass is 16.5. The number of hydrogen-bond acceptors (Lipinski definition) is 2. The van der Waals surface area contributed by atoms with Gasteiger partial charge in [-0.3, -0.25) is 0 Å². The molecule has 1 aromatic rings. The van der Waals surface area contributed by atoms with Gasteiger partial charge in [0, 0.05) is 1.43 Å². The van der Waals surface area contributed by atoms with Crippen molar-refractivity contribution in [1.82, 2.24) is 5.32 Å². The summed E-state index contributed by atoms with van der Waals surface area (Å²) in [6.45, 7) is 1.93. The minimum absolute atomic E-state index is 0. The summed E-state index contributed by atoms with van der Waals surface area (Å²) in [5.41, 5.74) is 0. The highest BCUT2D eigenvalue weighted by Gasteiger charge is 1.91. The molecule has 0 heterocycles. The fourth-order valence-electron chi connectivity index (χ4n) is 1.29. The van der Waals surface area contributed by atoms with Crippen molar-refractivity contribution in [2.45, 2.75) is 19.3 Å². The van der Waals surface area contributed by atoms with Crippen molar-refractivity contribution in [2.75, 3.05) is 20.2 Å². The third kappa shape index (κ3) is 4.87. The Balaban J connectivity index is 0.00000196. The van der Waals surface area contributed by atoms with Gasteiger partial charge >= 0.3 is 0 Å². The predicted molar refractivity (Wildman–Crippen MR) is 61.8 cm³/mol. The van der Waals surface area contributed by atoms with Gasteiger partial charge in [-0.25, -0.2) is 0 Å². The molecule has 0 aliphatic heterocycles. The first-order chi connectivity index (χ1) is 6.93. The van der Waals surface area contributed by atoms with Crippen LogP contribution < -0.4 is 10.1 Å². The quantitative estimate of drug-likeness (QED) is 0.675. The van der Waals surface area contributed by atoms with E-state index < -0.39 is 0 Å². The van der Waals surface area contributed by atoms with Crippen molar-refractivity contribution in [2.24, 2.45) is 0 Å². The summed E-state index contributed by atoms with van der Waals surface area (Å²) in [5, 5.41) is 3.14. The monoisotopic (exact) mass is 195 g/mol. The lowest BCUT2D eigenvalue weighted by Gasteiger charge is -2.05. The first-order valence-corrected chi connectivity index (χ1v) is 5.26. The van der Waals surface area contributed by atoms with Gasteiger partial charge in [0.2, 0.25) is 0 Å². The molecule has 2 nitrogen and oxygen atoms in total. The van der Waals surface area contributed by atoms with Crippen LogP contribution in [-0.4, -0.2) is 20.2 Å². The van der Waals surface area contributed by atoms with E-state index in [0.717, 1.165) is 25.3 Å². The van der Waals surface area contributed by atoms with Crippen molar-refractivity contribution in [1.29, 1.82) is 0 Å². The molecular formula is C12H21NO. The van der Waals surface area contributed by atoms with Gasteiger partial charge < -0.3 is 10.1 Å². The zero-order chi connectivity index (χ0) is 10.1. The van der Waals surface area contributed by atoms with Crippen LogP contribution in [-0.2, 0) is 0 Å². The van der Waals surface area contributed by atoms with Crippen LogP contribution in [0.3, 0.4) is 0 Å². The topological polar surface area (TPSA) is 21.3 Å². The Morgan fingerprint density at radius 3 is 2.64 bits per heavy atom. The average Bonchev–Trinajstić information content (AvgIpc) is 2.25. The summed E-state index contributed by atoms with van der Waals surface area (Å²) in [7, 11) is 1.99. The lowest BCUT2D eigenvalue weighted by atomic mass is 10.2. The van der Waals surface area contributed by atoms with Crippen LogP contribution in [0.5, 0.6) is 5.75 Å². The highest BCUT2D eigenvalue weighted by Crippen LogP contribution is 2.08. The van der Waals surface area contributed by atoms with Crippen molar-refractivity contribution >= 4 is 0 Å². The summed E-state index contributed by atoms with van der Waals surface area (Å²) in [4.78, 5) is 0. The van der Waals surface area contributed by atoms with Crippen molar-refractivity contribution < 1.29 is 6.16 Å². The van der Waals surface area contributed by atoms with Gasteiger partial charge in [-0.1, -0.05) is 18.2 Å². The maximum absolute atomic E-state index is 5.57. The molecule has 0 spiro atoms. The fourth-order valence-corrected chi connectivity index (χ4v) is 1.29. The van der Waals surface area contributed by atoms with Crippen LogP contribution in [0.15, 0.2) is 30.3 Å². The van der Waals surface area contributed by atoms with E-state index in [-0.39, 0.29) is 1.43 Å². The number of benzene rings is 1. The van der Waals surface area contributed by atoms with E-state index in [1.165, 1.54) is 12.8 Å².